The van der Waals surface area contributed by atoms with Gasteiger partial charge in [0.2, 0.25) is 11.9 Å². The quantitative estimate of drug-likeness (QED) is 0.656. The van der Waals surface area contributed by atoms with Crippen LogP contribution in [0.3, 0.4) is 0 Å². The Bertz CT molecular complexity index is 1000. The summed E-state index contributed by atoms with van der Waals surface area (Å²) < 4.78 is 1.66. The van der Waals surface area contributed by atoms with Crippen LogP contribution < -0.4 is 16.6 Å². The van der Waals surface area contributed by atoms with Gasteiger partial charge in [0.25, 0.3) is 5.56 Å². The first-order valence-corrected chi connectivity index (χ1v) is 8.42. The molecule has 0 saturated carbocycles. The summed E-state index contributed by atoms with van der Waals surface area (Å²) in [6.07, 6.45) is 5.45. The molecule has 24 heavy (non-hydrogen) atoms. The Kier molecular flexibility index (Phi) is 3.38. The van der Waals surface area contributed by atoms with E-state index in [4.69, 9.17) is 5.73 Å². The topological polar surface area (TPSA) is 119 Å². The van der Waals surface area contributed by atoms with Gasteiger partial charge in [-0.1, -0.05) is 0 Å². The molecule has 9 heteroatoms. The number of nitrogens with one attached hydrogen (secondary N) is 2. The lowest BCUT2D eigenvalue weighted by molar-refractivity contribution is -0.122. The minimum atomic E-state index is -0.306. The third-order valence-electron chi connectivity index (χ3n) is 4.28. The van der Waals surface area contributed by atoms with Crippen LogP contribution in [0.5, 0.6) is 0 Å². The predicted molar refractivity (Wildman–Crippen MR) is 91.4 cm³/mol. The molecule has 1 aliphatic rings. The van der Waals surface area contributed by atoms with Gasteiger partial charge in [-0.15, -0.1) is 11.3 Å². The van der Waals surface area contributed by atoms with E-state index in [0.29, 0.717) is 22.6 Å². The van der Waals surface area contributed by atoms with Crippen LogP contribution in [0.1, 0.15) is 16.9 Å². The molecular weight excluding hydrogens is 328 g/mol. The zero-order valence-corrected chi connectivity index (χ0v) is 13.8. The van der Waals surface area contributed by atoms with Gasteiger partial charge in [0.05, 0.1) is 17.3 Å². The van der Waals surface area contributed by atoms with E-state index in [1.54, 1.807) is 17.1 Å². The molecule has 1 unspecified atom stereocenters. The standard InChI is InChI=1S/C15H16N6O2S/c1-21-6-8(5-17-21)18-15-19-13(23)11-9-4-7(12(16)22)2-3-10(9)24-14(11)20-15/h5-7H,2-4H2,1H3,(H2,16,22)(H2,18,19,20,23). The Hall–Kier alpha value is -2.68. The molecular formula is C15H16N6O2S. The van der Waals surface area contributed by atoms with Crippen LogP contribution >= 0.6 is 11.3 Å². The maximum atomic E-state index is 12.5. The second-order valence-corrected chi connectivity index (χ2v) is 7.05. The SMILES string of the molecule is Cn1cc(Nc2nc3sc4c(c3c(=O)[nH]2)CC(C(N)=O)CC4)cn1. The fraction of sp³-hybridized carbons (Fsp3) is 0.333. The highest BCUT2D eigenvalue weighted by atomic mass is 32.1. The van der Waals surface area contributed by atoms with Gasteiger partial charge in [-0.25, -0.2) is 4.98 Å². The Morgan fingerprint density at radius 2 is 2.38 bits per heavy atom. The first kappa shape index (κ1) is 14.9. The van der Waals surface area contributed by atoms with E-state index in [2.05, 4.69) is 20.4 Å². The minimum Gasteiger partial charge on any atom is -0.369 e. The molecule has 3 aromatic heterocycles. The van der Waals surface area contributed by atoms with Crippen molar-refractivity contribution >= 4 is 39.1 Å². The van der Waals surface area contributed by atoms with Crippen molar-refractivity contribution in [3.8, 4) is 0 Å². The fourth-order valence-electron chi connectivity index (χ4n) is 3.11. The average molecular weight is 344 g/mol. The van der Waals surface area contributed by atoms with Crippen molar-refractivity contribution in [1.29, 1.82) is 0 Å². The van der Waals surface area contributed by atoms with E-state index in [-0.39, 0.29) is 17.4 Å². The Balaban J connectivity index is 1.75. The number of nitrogens with two attached hydrogens (primary N) is 1. The molecule has 0 saturated heterocycles. The molecule has 0 radical (unpaired) electrons. The summed E-state index contributed by atoms with van der Waals surface area (Å²) in [4.78, 5) is 33.1. The number of carbonyl (C=O) groups excluding carboxylic acids is 1. The maximum Gasteiger partial charge on any atom is 0.261 e. The smallest absolute Gasteiger partial charge is 0.261 e. The Morgan fingerprint density at radius 3 is 3.08 bits per heavy atom. The van der Waals surface area contributed by atoms with E-state index in [9.17, 15) is 9.59 Å². The van der Waals surface area contributed by atoms with Crippen LogP contribution in [0.2, 0.25) is 0 Å². The fourth-order valence-corrected chi connectivity index (χ4v) is 4.32. The third-order valence-corrected chi connectivity index (χ3v) is 5.47. The molecule has 1 aliphatic carbocycles. The molecule has 0 aromatic carbocycles. The van der Waals surface area contributed by atoms with Gasteiger partial charge >= 0.3 is 0 Å². The number of hydrogen-bond donors (Lipinski definition) is 3. The van der Waals surface area contributed by atoms with Crippen molar-refractivity contribution in [2.75, 3.05) is 5.32 Å². The zero-order chi connectivity index (χ0) is 16.8. The summed E-state index contributed by atoms with van der Waals surface area (Å²) in [5.74, 6) is -0.132. The van der Waals surface area contributed by atoms with Crippen molar-refractivity contribution < 1.29 is 4.79 Å². The summed E-state index contributed by atoms with van der Waals surface area (Å²) in [6, 6.07) is 0. The number of aryl methyl sites for hydroxylation is 2. The molecule has 124 valence electrons. The summed E-state index contributed by atoms with van der Waals surface area (Å²) in [5, 5.41) is 7.70. The number of hydrogen-bond acceptors (Lipinski definition) is 6. The molecule has 0 spiro atoms. The average Bonchev–Trinajstić information content (AvgIpc) is 3.09. The summed E-state index contributed by atoms with van der Waals surface area (Å²) in [6.45, 7) is 0. The van der Waals surface area contributed by atoms with Crippen LogP contribution in [-0.2, 0) is 24.7 Å². The predicted octanol–water partition coefficient (Wildman–Crippen LogP) is 1.05. The number of H-pyrrole nitrogens is 1. The highest BCUT2D eigenvalue weighted by Gasteiger charge is 2.28. The number of primary amides is 1. The number of thiophene rings is 1. The molecule has 0 aliphatic heterocycles. The minimum absolute atomic E-state index is 0.200. The highest BCUT2D eigenvalue weighted by molar-refractivity contribution is 7.18. The number of aromatic amines is 1. The Morgan fingerprint density at radius 1 is 1.54 bits per heavy atom. The van der Waals surface area contributed by atoms with Gasteiger partial charge < -0.3 is 11.1 Å². The number of fused-ring (bicyclic) bond motifs is 3. The summed E-state index contributed by atoms with van der Waals surface area (Å²) >= 11 is 1.51. The lowest BCUT2D eigenvalue weighted by atomic mass is 9.87. The zero-order valence-electron chi connectivity index (χ0n) is 13.0. The third kappa shape index (κ3) is 2.46. The van der Waals surface area contributed by atoms with Gasteiger partial charge in [-0.2, -0.15) is 5.10 Å². The van der Waals surface area contributed by atoms with Crippen LogP contribution in [0.25, 0.3) is 10.2 Å². The van der Waals surface area contributed by atoms with Crippen molar-refractivity contribution in [3.05, 3.63) is 33.2 Å². The monoisotopic (exact) mass is 344 g/mol. The van der Waals surface area contributed by atoms with Crippen molar-refractivity contribution in [2.45, 2.75) is 19.3 Å². The summed E-state index contributed by atoms with van der Waals surface area (Å²) in [7, 11) is 1.81. The molecule has 0 fully saturated rings. The van der Waals surface area contributed by atoms with E-state index < -0.39 is 0 Å². The van der Waals surface area contributed by atoms with Crippen molar-refractivity contribution in [3.63, 3.8) is 0 Å². The number of aromatic nitrogens is 4. The van der Waals surface area contributed by atoms with E-state index in [1.807, 2.05) is 7.05 Å². The van der Waals surface area contributed by atoms with Crippen LogP contribution in [-0.4, -0.2) is 25.7 Å². The first-order chi connectivity index (χ1) is 11.5. The number of amides is 1. The van der Waals surface area contributed by atoms with Crippen LogP contribution in [0.15, 0.2) is 17.2 Å². The molecule has 8 nitrogen and oxygen atoms in total. The van der Waals surface area contributed by atoms with E-state index in [1.165, 1.54) is 11.3 Å². The molecule has 4 N–H and O–H groups in total. The Labute approximate surface area is 140 Å². The molecule has 3 heterocycles. The van der Waals surface area contributed by atoms with Gasteiger partial charge in [0.15, 0.2) is 0 Å². The molecule has 4 rings (SSSR count). The first-order valence-electron chi connectivity index (χ1n) is 7.61. The second kappa shape index (κ2) is 5.45. The molecule has 1 amide bonds. The van der Waals surface area contributed by atoms with Gasteiger partial charge in [-0.05, 0) is 24.8 Å². The second-order valence-electron chi connectivity index (χ2n) is 5.97. The number of nitrogens with zero attached hydrogens (tertiary/aromatic N) is 3. The van der Waals surface area contributed by atoms with E-state index in [0.717, 1.165) is 29.0 Å². The summed E-state index contributed by atoms with van der Waals surface area (Å²) in [5.41, 5.74) is 6.90. The molecule has 3 aromatic rings. The van der Waals surface area contributed by atoms with Crippen molar-refractivity contribution in [2.24, 2.45) is 18.7 Å². The van der Waals surface area contributed by atoms with Crippen molar-refractivity contribution in [1.82, 2.24) is 19.7 Å². The molecule has 1 atom stereocenters. The van der Waals surface area contributed by atoms with E-state index >= 15 is 0 Å². The van der Waals surface area contributed by atoms with Crippen LogP contribution in [0.4, 0.5) is 11.6 Å². The highest BCUT2D eigenvalue weighted by Crippen LogP contribution is 2.36. The largest absolute Gasteiger partial charge is 0.369 e. The lowest BCUT2D eigenvalue weighted by Crippen LogP contribution is -2.28. The number of anilines is 2. The van der Waals surface area contributed by atoms with Gasteiger partial charge in [0.1, 0.15) is 4.83 Å². The normalized spacial score (nSPS) is 17.0. The van der Waals surface area contributed by atoms with Gasteiger partial charge in [0, 0.05) is 24.0 Å². The number of carbonyl (C=O) groups is 1. The molecule has 0 bridgehead atoms. The maximum absolute atomic E-state index is 12.5. The lowest BCUT2D eigenvalue weighted by Gasteiger charge is -2.18. The van der Waals surface area contributed by atoms with Crippen LogP contribution in [0, 0.1) is 5.92 Å². The van der Waals surface area contributed by atoms with Gasteiger partial charge in [-0.3, -0.25) is 19.3 Å². The number of rotatable bonds is 3.